The Balaban J connectivity index is 1.77. The van der Waals surface area contributed by atoms with E-state index >= 15 is 0 Å². The Morgan fingerprint density at radius 2 is 2.00 bits per heavy atom. The largest absolute Gasteiger partial charge is 0.494 e. The van der Waals surface area contributed by atoms with E-state index in [1.807, 2.05) is 0 Å². The number of hydrogen-bond acceptors (Lipinski definition) is 3. The molecule has 2 N–H and O–H groups in total. The molecule has 0 heterocycles. The first-order chi connectivity index (χ1) is 12.8. The highest BCUT2D eigenvalue weighted by Crippen LogP contribution is 2.58. The second kappa shape index (κ2) is 7.38. The van der Waals surface area contributed by atoms with E-state index in [4.69, 9.17) is 4.74 Å². The van der Waals surface area contributed by atoms with Crippen molar-refractivity contribution < 1.29 is 27.8 Å². The van der Waals surface area contributed by atoms with Crippen molar-refractivity contribution in [2.24, 2.45) is 5.92 Å². The molecule has 7 heteroatoms. The topological polar surface area (TPSA) is 58.6 Å². The van der Waals surface area contributed by atoms with Gasteiger partial charge >= 0.3 is 6.18 Å². The van der Waals surface area contributed by atoms with Gasteiger partial charge in [-0.2, -0.15) is 13.2 Å². The zero-order valence-electron chi connectivity index (χ0n) is 14.9. The number of unbranched alkanes of at least 4 members (excludes halogenated alkanes) is 1. The number of rotatable bonds is 6. The van der Waals surface area contributed by atoms with Gasteiger partial charge in [0.1, 0.15) is 5.75 Å². The first-order valence-corrected chi connectivity index (χ1v) is 8.91. The van der Waals surface area contributed by atoms with Crippen molar-refractivity contribution in [2.75, 3.05) is 13.7 Å². The average molecular weight is 381 g/mol. The van der Waals surface area contributed by atoms with Crippen molar-refractivity contribution in [3.63, 3.8) is 0 Å². The number of ether oxygens (including phenoxy) is 1. The van der Waals surface area contributed by atoms with Gasteiger partial charge in [-0.1, -0.05) is 30.4 Å². The second-order valence-corrected chi connectivity index (χ2v) is 6.81. The first-order valence-electron chi connectivity index (χ1n) is 8.91. The van der Waals surface area contributed by atoms with E-state index in [0.29, 0.717) is 24.8 Å². The van der Waals surface area contributed by atoms with Gasteiger partial charge in [0.2, 0.25) is 5.91 Å². The lowest BCUT2D eigenvalue weighted by Crippen LogP contribution is -2.46. The SMILES string of the molecule is CNC(=O)CCCCOc1ccc2c(c1)C(O)(C(F)(F)F)C1C=CC=C[C@@H]21. The number of carbonyl (C=O) groups is 1. The molecule has 146 valence electrons. The molecule has 0 spiro atoms. The summed E-state index contributed by atoms with van der Waals surface area (Å²) in [6.07, 6.45) is 3.13. The summed E-state index contributed by atoms with van der Waals surface area (Å²) in [5.74, 6) is -1.38. The quantitative estimate of drug-likeness (QED) is 0.741. The average Bonchev–Trinajstić information content (AvgIpc) is 2.91. The number of halogens is 3. The Bertz CT molecular complexity index is 772. The Kier molecular flexibility index (Phi) is 5.33. The van der Waals surface area contributed by atoms with E-state index in [2.05, 4.69) is 5.32 Å². The maximum atomic E-state index is 13.8. The number of aliphatic hydroxyl groups is 1. The Morgan fingerprint density at radius 3 is 2.70 bits per heavy atom. The molecule has 2 aliphatic carbocycles. The zero-order valence-corrected chi connectivity index (χ0v) is 14.9. The van der Waals surface area contributed by atoms with E-state index in [0.717, 1.165) is 0 Å². The van der Waals surface area contributed by atoms with Crippen LogP contribution in [0.25, 0.3) is 0 Å². The Hall–Kier alpha value is -2.28. The van der Waals surface area contributed by atoms with Gasteiger partial charge in [-0.15, -0.1) is 0 Å². The van der Waals surface area contributed by atoms with Crippen molar-refractivity contribution in [2.45, 2.75) is 37.0 Å². The summed E-state index contributed by atoms with van der Waals surface area (Å²) >= 11 is 0. The molecule has 0 aliphatic heterocycles. The lowest BCUT2D eigenvalue weighted by atomic mass is 9.80. The molecular formula is C20H22F3NO3. The number of fused-ring (bicyclic) bond motifs is 3. The zero-order chi connectivity index (χ0) is 19.7. The van der Waals surface area contributed by atoms with Crippen LogP contribution in [-0.4, -0.2) is 30.8 Å². The molecule has 0 bridgehead atoms. The van der Waals surface area contributed by atoms with Crippen LogP contribution in [0.1, 0.15) is 36.3 Å². The first kappa shape index (κ1) is 19.5. The fourth-order valence-corrected chi connectivity index (χ4v) is 3.77. The highest BCUT2D eigenvalue weighted by molar-refractivity contribution is 5.75. The van der Waals surface area contributed by atoms with Gasteiger partial charge in [-0.05, 0) is 30.5 Å². The summed E-state index contributed by atoms with van der Waals surface area (Å²) in [6.45, 7) is 0.285. The lowest BCUT2D eigenvalue weighted by molar-refractivity contribution is -0.278. The third-order valence-electron chi connectivity index (χ3n) is 5.19. The standard InChI is InChI=1S/C20H22F3NO3/c1-24-18(25)8-4-5-11-27-13-9-10-15-14-6-2-3-7-16(14)19(26,17(15)12-13)20(21,22)23/h2-3,6-7,9-10,12,14,16,26H,4-5,8,11H2,1H3,(H,24,25)/t14-,16?,19?/m0/s1. The van der Waals surface area contributed by atoms with Crippen molar-refractivity contribution in [3.05, 3.63) is 53.6 Å². The molecule has 2 aliphatic rings. The highest BCUT2D eigenvalue weighted by Gasteiger charge is 2.65. The number of benzene rings is 1. The summed E-state index contributed by atoms with van der Waals surface area (Å²) in [5.41, 5.74) is -2.62. The minimum Gasteiger partial charge on any atom is -0.494 e. The monoisotopic (exact) mass is 381 g/mol. The van der Waals surface area contributed by atoms with Gasteiger partial charge in [0.15, 0.2) is 5.60 Å². The number of carbonyl (C=O) groups excluding carboxylic acids is 1. The molecular weight excluding hydrogens is 359 g/mol. The van der Waals surface area contributed by atoms with Crippen LogP contribution in [0.2, 0.25) is 0 Å². The van der Waals surface area contributed by atoms with Crippen molar-refractivity contribution >= 4 is 5.91 Å². The van der Waals surface area contributed by atoms with Gasteiger partial charge < -0.3 is 15.2 Å². The molecule has 1 aromatic rings. The molecule has 3 rings (SSSR count). The van der Waals surface area contributed by atoms with Crippen LogP contribution < -0.4 is 10.1 Å². The van der Waals surface area contributed by atoms with E-state index in [9.17, 15) is 23.1 Å². The van der Waals surface area contributed by atoms with Crippen molar-refractivity contribution in [3.8, 4) is 5.75 Å². The maximum Gasteiger partial charge on any atom is 0.422 e. The lowest BCUT2D eigenvalue weighted by Gasteiger charge is -2.33. The third kappa shape index (κ3) is 3.48. The van der Waals surface area contributed by atoms with Crippen LogP contribution in [0.4, 0.5) is 13.2 Å². The van der Waals surface area contributed by atoms with E-state index in [-0.39, 0.29) is 23.8 Å². The van der Waals surface area contributed by atoms with Crippen molar-refractivity contribution in [1.29, 1.82) is 0 Å². The molecule has 2 unspecified atom stereocenters. The van der Waals surface area contributed by atoms with Crippen LogP contribution in [-0.2, 0) is 10.4 Å². The van der Waals surface area contributed by atoms with Crippen LogP contribution in [0.5, 0.6) is 5.75 Å². The van der Waals surface area contributed by atoms with E-state index in [1.165, 1.54) is 18.2 Å². The van der Waals surface area contributed by atoms with Crippen LogP contribution in [0.15, 0.2) is 42.5 Å². The number of hydrogen-bond donors (Lipinski definition) is 2. The number of amides is 1. The fraction of sp³-hybridized carbons (Fsp3) is 0.450. The number of nitrogens with one attached hydrogen (secondary N) is 1. The van der Waals surface area contributed by atoms with Gasteiger partial charge in [-0.25, -0.2) is 0 Å². The molecule has 0 radical (unpaired) electrons. The molecule has 0 saturated carbocycles. The van der Waals surface area contributed by atoms with E-state index in [1.54, 1.807) is 31.3 Å². The predicted octanol–water partition coefficient (Wildman–Crippen LogP) is 3.57. The number of allylic oxidation sites excluding steroid dienone is 3. The normalized spacial score (nSPS) is 25.8. The summed E-state index contributed by atoms with van der Waals surface area (Å²) in [6, 6.07) is 4.52. The molecule has 0 aromatic heterocycles. The van der Waals surface area contributed by atoms with Gasteiger partial charge in [0, 0.05) is 30.9 Å². The molecule has 4 nitrogen and oxygen atoms in total. The van der Waals surface area contributed by atoms with Gasteiger partial charge in [0.25, 0.3) is 0 Å². The summed E-state index contributed by atoms with van der Waals surface area (Å²) in [5, 5.41) is 13.2. The summed E-state index contributed by atoms with van der Waals surface area (Å²) in [7, 11) is 1.56. The maximum absolute atomic E-state index is 13.8. The molecule has 1 aromatic carbocycles. The summed E-state index contributed by atoms with van der Waals surface area (Å²) in [4.78, 5) is 11.2. The van der Waals surface area contributed by atoms with Gasteiger partial charge in [-0.3, -0.25) is 4.79 Å². The Labute approximate surface area is 155 Å². The minimum atomic E-state index is -4.80. The molecule has 3 atom stereocenters. The molecule has 0 fully saturated rings. The minimum absolute atomic E-state index is 0.0634. The number of alkyl halides is 3. The predicted molar refractivity (Wildman–Crippen MR) is 94.3 cm³/mol. The fourth-order valence-electron chi connectivity index (χ4n) is 3.77. The van der Waals surface area contributed by atoms with Crippen LogP contribution >= 0.6 is 0 Å². The van der Waals surface area contributed by atoms with Crippen LogP contribution in [0.3, 0.4) is 0 Å². The molecule has 27 heavy (non-hydrogen) atoms. The third-order valence-corrected chi connectivity index (χ3v) is 5.19. The molecule has 1 amide bonds. The van der Waals surface area contributed by atoms with E-state index < -0.39 is 23.6 Å². The van der Waals surface area contributed by atoms with Gasteiger partial charge in [0.05, 0.1) is 6.61 Å². The smallest absolute Gasteiger partial charge is 0.422 e. The highest BCUT2D eigenvalue weighted by atomic mass is 19.4. The summed E-state index contributed by atoms with van der Waals surface area (Å²) < 4.78 is 47.0. The second-order valence-electron chi connectivity index (χ2n) is 6.81. The molecule has 0 saturated heterocycles. The Morgan fingerprint density at radius 1 is 1.26 bits per heavy atom. The van der Waals surface area contributed by atoms with Crippen LogP contribution in [0, 0.1) is 5.92 Å². The van der Waals surface area contributed by atoms with Crippen molar-refractivity contribution in [1.82, 2.24) is 5.32 Å².